The van der Waals surface area contributed by atoms with E-state index >= 15 is 0 Å². The van der Waals surface area contributed by atoms with Gasteiger partial charge in [-0.1, -0.05) is 26.7 Å². The number of hydrogen-bond donors (Lipinski definition) is 1. The minimum Gasteiger partial charge on any atom is -0.313 e. The average Bonchev–Trinajstić information content (AvgIpc) is 2.95. The largest absolute Gasteiger partial charge is 0.313 e. The summed E-state index contributed by atoms with van der Waals surface area (Å²) in [6.07, 6.45) is 9.99. The molecular formula is C15H30N2. The van der Waals surface area contributed by atoms with Gasteiger partial charge in [-0.15, -0.1) is 0 Å². The Morgan fingerprint density at radius 1 is 1.06 bits per heavy atom. The van der Waals surface area contributed by atoms with Gasteiger partial charge in [0.15, 0.2) is 0 Å². The van der Waals surface area contributed by atoms with E-state index in [1.807, 2.05) is 0 Å². The summed E-state index contributed by atoms with van der Waals surface area (Å²) in [6, 6.07) is 1.76. The molecule has 2 aliphatic rings. The summed E-state index contributed by atoms with van der Waals surface area (Å²) in [7, 11) is 0. The van der Waals surface area contributed by atoms with Crippen LogP contribution in [0.1, 0.15) is 58.8 Å². The van der Waals surface area contributed by atoms with Gasteiger partial charge in [-0.05, 0) is 44.6 Å². The lowest BCUT2D eigenvalue weighted by Crippen LogP contribution is -2.40. The van der Waals surface area contributed by atoms with Crippen LogP contribution < -0.4 is 5.32 Å². The van der Waals surface area contributed by atoms with Gasteiger partial charge >= 0.3 is 0 Å². The van der Waals surface area contributed by atoms with Crippen molar-refractivity contribution in [2.75, 3.05) is 19.6 Å². The van der Waals surface area contributed by atoms with E-state index < -0.39 is 0 Å². The summed E-state index contributed by atoms with van der Waals surface area (Å²) in [5.41, 5.74) is 0. The first-order valence-corrected chi connectivity index (χ1v) is 7.73. The molecule has 0 aromatic heterocycles. The Morgan fingerprint density at radius 3 is 2.35 bits per heavy atom. The Hall–Kier alpha value is -0.0800. The molecule has 100 valence electrons. The molecule has 0 aromatic rings. The predicted octanol–water partition coefficient (Wildman–Crippen LogP) is 3.03. The first-order chi connectivity index (χ1) is 8.25. The van der Waals surface area contributed by atoms with Crippen molar-refractivity contribution < 1.29 is 0 Å². The second kappa shape index (κ2) is 6.75. The fourth-order valence-electron chi connectivity index (χ4n) is 2.87. The van der Waals surface area contributed by atoms with Crippen LogP contribution in [0.3, 0.4) is 0 Å². The zero-order valence-corrected chi connectivity index (χ0v) is 11.8. The van der Waals surface area contributed by atoms with Gasteiger partial charge in [0, 0.05) is 25.2 Å². The van der Waals surface area contributed by atoms with Crippen LogP contribution in [0.2, 0.25) is 0 Å². The lowest BCUT2D eigenvalue weighted by Gasteiger charge is -2.29. The first-order valence-electron chi connectivity index (χ1n) is 7.73. The molecule has 0 spiro atoms. The molecular weight excluding hydrogens is 208 g/mol. The number of rotatable bonds is 8. The van der Waals surface area contributed by atoms with Gasteiger partial charge in [-0.2, -0.15) is 0 Å². The summed E-state index contributed by atoms with van der Waals surface area (Å²) < 4.78 is 0. The molecule has 2 heteroatoms. The van der Waals surface area contributed by atoms with Gasteiger partial charge < -0.3 is 5.32 Å². The zero-order chi connectivity index (χ0) is 12.1. The minimum atomic E-state index is 0.843. The second-order valence-electron chi connectivity index (χ2n) is 6.39. The summed E-state index contributed by atoms with van der Waals surface area (Å²) in [5.74, 6) is 0.843. The normalized spacial score (nSPS) is 21.9. The number of nitrogens with zero attached hydrogens (tertiary/aromatic N) is 1. The highest BCUT2D eigenvalue weighted by Crippen LogP contribution is 2.24. The smallest absolute Gasteiger partial charge is 0.0110 e. The van der Waals surface area contributed by atoms with E-state index in [-0.39, 0.29) is 0 Å². The van der Waals surface area contributed by atoms with Crippen LogP contribution in [0, 0.1) is 5.92 Å². The SMILES string of the molecule is CC(C)CCN(CCNC1CC1)C1CCCC1. The van der Waals surface area contributed by atoms with Gasteiger partial charge in [-0.25, -0.2) is 0 Å². The second-order valence-corrected chi connectivity index (χ2v) is 6.39. The molecule has 0 heterocycles. The van der Waals surface area contributed by atoms with Crippen molar-refractivity contribution in [2.45, 2.75) is 70.9 Å². The third-order valence-electron chi connectivity index (χ3n) is 4.24. The molecule has 2 aliphatic carbocycles. The van der Waals surface area contributed by atoms with Crippen LogP contribution in [-0.4, -0.2) is 36.6 Å². The molecule has 0 unspecified atom stereocenters. The van der Waals surface area contributed by atoms with Crippen molar-refractivity contribution in [3.63, 3.8) is 0 Å². The highest BCUT2D eigenvalue weighted by atomic mass is 15.2. The van der Waals surface area contributed by atoms with E-state index in [0.717, 1.165) is 18.0 Å². The topological polar surface area (TPSA) is 15.3 Å². The van der Waals surface area contributed by atoms with E-state index in [2.05, 4.69) is 24.1 Å². The van der Waals surface area contributed by atoms with E-state index in [0.29, 0.717) is 0 Å². The standard InChI is InChI=1S/C15H30N2/c1-13(2)9-11-17(15-5-3-4-6-15)12-10-16-14-7-8-14/h13-16H,3-12H2,1-2H3. The lowest BCUT2D eigenvalue weighted by atomic mass is 10.1. The van der Waals surface area contributed by atoms with Gasteiger partial charge in [0.25, 0.3) is 0 Å². The van der Waals surface area contributed by atoms with E-state index in [9.17, 15) is 0 Å². The maximum Gasteiger partial charge on any atom is 0.0110 e. The summed E-state index contributed by atoms with van der Waals surface area (Å²) in [5, 5.41) is 3.66. The highest BCUT2D eigenvalue weighted by molar-refractivity contribution is 4.83. The van der Waals surface area contributed by atoms with Crippen LogP contribution in [0.15, 0.2) is 0 Å². The van der Waals surface area contributed by atoms with Crippen molar-refractivity contribution in [1.82, 2.24) is 10.2 Å². The first kappa shape index (κ1) is 13.4. The molecule has 2 nitrogen and oxygen atoms in total. The number of hydrogen-bond acceptors (Lipinski definition) is 2. The van der Waals surface area contributed by atoms with Gasteiger partial charge in [0.1, 0.15) is 0 Å². The fraction of sp³-hybridized carbons (Fsp3) is 1.00. The Labute approximate surface area is 107 Å². The third-order valence-corrected chi connectivity index (χ3v) is 4.24. The van der Waals surface area contributed by atoms with Crippen LogP contribution in [0.4, 0.5) is 0 Å². The molecule has 2 saturated carbocycles. The molecule has 0 atom stereocenters. The van der Waals surface area contributed by atoms with Crippen molar-refractivity contribution in [3.05, 3.63) is 0 Å². The third kappa shape index (κ3) is 4.97. The maximum atomic E-state index is 3.66. The lowest BCUT2D eigenvalue weighted by molar-refractivity contribution is 0.188. The average molecular weight is 238 g/mol. The Balaban J connectivity index is 1.69. The fourth-order valence-corrected chi connectivity index (χ4v) is 2.87. The maximum absolute atomic E-state index is 3.66. The molecule has 0 bridgehead atoms. The monoisotopic (exact) mass is 238 g/mol. The molecule has 0 amide bonds. The molecule has 17 heavy (non-hydrogen) atoms. The zero-order valence-electron chi connectivity index (χ0n) is 11.8. The van der Waals surface area contributed by atoms with Crippen molar-refractivity contribution >= 4 is 0 Å². The van der Waals surface area contributed by atoms with E-state index in [4.69, 9.17) is 0 Å². The van der Waals surface area contributed by atoms with E-state index in [1.165, 1.54) is 64.6 Å². The number of nitrogens with one attached hydrogen (secondary N) is 1. The molecule has 0 aromatic carbocycles. The Bertz CT molecular complexity index is 205. The highest BCUT2D eigenvalue weighted by Gasteiger charge is 2.24. The van der Waals surface area contributed by atoms with Gasteiger partial charge in [0.05, 0.1) is 0 Å². The van der Waals surface area contributed by atoms with Crippen molar-refractivity contribution in [1.29, 1.82) is 0 Å². The van der Waals surface area contributed by atoms with Crippen LogP contribution >= 0.6 is 0 Å². The molecule has 0 aliphatic heterocycles. The molecule has 2 fully saturated rings. The van der Waals surface area contributed by atoms with Crippen LogP contribution in [0.5, 0.6) is 0 Å². The molecule has 2 rings (SSSR count). The summed E-state index contributed by atoms with van der Waals surface area (Å²) in [6.45, 7) is 8.48. The summed E-state index contributed by atoms with van der Waals surface area (Å²) >= 11 is 0. The molecule has 0 saturated heterocycles. The Kier molecular flexibility index (Phi) is 5.30. The minimum absolute atomic E-state index is 0.843. The van der Waals surface area contributed by atoms with Gasteiger partial charge in [-0.3, -0.25) is 4.90 Å². The van der Waals surface area contributed by atoms with Crippen LogP contribution in [-0.2, 0) is 0 Å². The predicted molar refractivity (Wildman–Crippen MR) is 74.3 cm³/mol. The Morgan fingerprint density at radius 2 is 1.76 bits per heavy atom. The van der Waals surface area contributed by atoms with Crippen molar-refractivity contribution in [3.8, 4) is 0 Å². The quantitative estimate of drug-likeness (QED) is 0.699. The van der Waals surface area contributed by atoms with Crippen molar-refractivity contribution in [2.24, 2.45) is 5.92 Å². The summed E-state index contributed by atoms with van der Waals surface area (Å²) in [4.78, 5) is 2.77. The molecule has 0 radical (unpaired) electrons. The van der Waals surface area contributed by atoms with Gasteiger partial charge in [0.2, 0.25) is 0 Å². The van der Waals surface area contributed by atoms with E-state index in [1.54, 1.807) is 0 Å². The molecule has 1 N–H and O–H groups in total. The van der Waals surface area contributed by atoms with Crippen LogP contribution in [0.25, 0.3) is 0 Å².